The molecule has 0 radical (unpaired) electrons. The molecule has 164 valence electrons. The maximum absolute atomic E-state index is 5.97. The molecule has 0 aliphatic heterocycles. The lowest BCUT2D eigenvalue weighted by Crippen LogP contribution is -2.10. The molecule has 3 heteroatoms. The molecule has 0 aliphatic carbocycles. The van der Waals surface area contributed by atoms with E-state index in [9.17, 15) is 0 Å². The number of rotatable bonds is 6. The van der Waals surface area contributed by atoms with E-state index in [-0.39, 0.29) is 5.41 Å². The van der Waals surface area contributed by atoms with Crippen molar-refractivity contribution in [1.29, 1.82) is 0 Å². The van der Waals surface area contributed by atoms with E-state index in [2.05, 4.69) is 93.3 Å². The van der Waals surface area contributed by atoms with Gasteiger partial charge in [-0.1, -0.05) is 89.6 Å². The highest BCUT2D eigenvalue weighted by atomic mass is 16.4. The maximum atomic E-state index is 5.97. The molecule has 0 fully saturated rings. The van der Waals surface area contributed by atoms with Crippen LogP contribution in [-0.2, 0) is 11.8 Å². The molecule has 1 unspecified atom stereocenters. The first-order valence-electron chi connectivity index (χ1n) is 11.5. The third-order valence-corrected chi connectivity index (χ3v) is 6.12. The highest BCUT2D eigenvalue weighted by molar-refractivity contribution is 5.68. The summed E-state index contributed by atoms with van der Waals surface area (Å²) in [6.07, 6.45) is 2.34. The Morgan fingerprint density at radius 1 is 0.688 bits per heavy atom. The van der Waals surface area contributed by atoms with Gasteiger partial charge in [-0.3, -0.25) is 0 Å². The van der Waals surface area contributed by atoms with E-state index in [0.717, 1.165) is 23.5 Å². The Hall–Kier alpha value is -3.20. The molecule has 1 heterocycles. The number of nitrogens with zero attached hydrogens (tertiary/aromatic N) is 2. The smallest absolute Gasteiger partial charge is 0.248 e. The van der Waals surface area contributed by atoms with E-state index in [1.54, 1.807) is 0 Å². The van der Waals surface area contributed by atoms with Crippen LogP contribution in [0.2, 0.25) is 0 Å². The Kier molecular flexibility index (Phi) is 6.27. The molecule has 1 aromatic heterocycles. The molecule has 0 saturated carbocycles. The second-order valence-electron chi connectivity index (χ2n) is 9.73. The van der Waals surface area contributed by atoms with E-state index >= 15 is 0 Å². The normalized spacial score (nSPS) is 12.7. The Bertz CT molecular complexity index is 1150. The predicted molar refractivity (Wildman–Crippen MR) is 132 cm³/mol. The molecule has 0 spiro atoms. The number of aromatic nitrogens is 2. The molecule has 4 aromatic rings. The van der Waals surface area contributed by atoms with Crippen LogP contribution in [0.25, 0.3) is 34.0 Å². The molecular weight excluding hydrogens is 392 g/mol. The van der Waals surface area contributed by atoms with Crippen LogP contribution in [0.4, 0.5) is 0 Å². The number of hydrogen-bond donors (Lipinski definition) is 0. The van der Waals surface area contributed by atoms with Gasteiger partial charge >= 0.3 is 0 Å². The lowest BCUT2D eigenvalue weighted by molar-refractivity contribution is 0.560. The van der Waals surface area contributed by atoms with Gasteiger partial charge in [0.1, 0.15) is 0 Å². The zero-order valence-electron chi connectivity index (χ0n) is 19.7. The van der Waals surface area contributed by atoms with Gasteiger partial charge in [0.25, 0.3) is 0 Å². The maximum Gasteiger partial charge on any atom is 0.248 e. The van der Waals surface area contributed by atoms with Gasteiger partial charge in [-0.05, 0) is 64.3 Å². The highest BCUT2D eigenvalue weighted by Crippen LogP contribution is 2.29. The Labute approximate surface area is 191 Å². The van der Waals surface area contributed by atoms with E-state index in [0.29, 0.717) is 11.8 Å². The number of hydrogen-bond acceptors (Lipinski definition) is 3. The molecule has 3 nitrogen and oxygen atoms in total. The van der Waals surface area contributed by atoms with Crippen molar-refractivity contribution in [2.45, 2.75) is 52.9 Å². The van der Waals surface area contributed by atoms with Crippen LogP contribution < -0.4 is 0 Å². The van der Waals surface area contributed by atoms with Gasteiger partial charge < -0.3 is 4.42 Å². The fourth-order valence-corrected chi connectivity index (χ4v) is 3.75. The van der Waals surface area contributed by atoms with Gasteiger partial charge in [0.15, 0.2) is 0 Å². The summed E-state index contributed by atoms with van der Waals surface area (Å²) in [5, 5.41) is 8.53. The highest BCUT2D eigenvalue weighted by Gasteiger charge is 2.15. The minimum atomic E-state index is 0.120. The molecule has 0 bridgehead atoms. The van der Waals surface area contributed by atoms with Gasteiger partial charge in [-0.15, -0.1) is 10.2 Å². The summed E-state index contributed by atoms with van der Waals surface area (Å²) in [5.41, 5.74) is 7.06. The molecule has 3 aromatic carbocycles. The molecule has 0 aliphatic rings. The van der Waals surface area contributed by atoms with Gasteiger partial charge in [0, 0.05) is 11.1 Å². The fraction of sp³-hybridized carbons (Fsp3) is 0.310. The summed E-state index contributed by atoms with van der Waals surface area (Å²) in [7, 11) is 0. The summed E-state index contributed by atoms with van der Waals surface area (Å²) < 4.78 is 5.97. The molecule has 4 rings (SSSR count). The third kappa shape index (κ3) is 4.99. The van der Waals surface area contributed by atoms with E-state index in [1.165, 1.54) is 28.7 Å². The van der Waals surface area contributed by atoms with Crippen LogP contribution in [-0.4, -0.2) is 10.2 Å². The summed E-state index contributed by atoms with van der Waals surface area (Å²) >= 11 is 0. The summed E-state index contributed by atoms with van der Waals surface area (Å²) in [4.78, 5) is 0. The predicted octanol–water partition coefficient (Wildman–Crippen LogP) is 7.96. The first kappa shape index (κ1) is 22.0. The summed E-state index contributed by atoms with van der Waals surface area (Å²) in [6, 6.07) is 25.6. The van der Waals surface area contributed by atoms with Crippen LogP contribution in [0.5, 0.6) is 0 Å². The van der Waals surface area contributed by atoms with Crippen molar-refractivity contribution in [2.75, 3.05) is 0 Å². The fourth-order valence-electron chi connectivity index (χ4n) is 3.75. The standard InChI is InChI=1S/C29H32N2O/c1-6-20(2)19-21-7-9-22(10-8-21)23-11-13-24(14-12-23)27-30-31-28(32-27)25-15-17-26(18-16-25)29(3,4)5/h7-18,20H,6,19H2,1-5H3. The van der Waals surface area contributed by atoms with Crippen LogP contribution in [0.15, 0.2) is 77.2 Å². The summed E-state index contributed by atoms with van der Waals surface area (Å²) in [6.45, 7) is 11.2. The van der Waals surface area contributed by atoms with Crippen LogP contribution in [0.1, 0.15) is 52.2 Å². The molecule has 0 saturated heterocycles. The molecule has 1 atom stereocenters. The third-order valence-electron chi connectivity index (χ3n) is 6.12. The number of benzene rings is 3. The zero-order valence-corrected chi connectivity index (χ0v) is 19.7. The topological polar surface area (TPSA) is 38.9 Å². The average molecular weight is 425 g/mol. The average Bonchev–Trinajstić information content (AvgIpc) is 3.29. The van der Waals surface area contributed by atoms with Crippen molar-refractivity contribution in [1.82, 2.24) is 10.2 Å². The second-order valence-corrected chi connectivity index (χ2v) is 9.73. The van der Waals surface area contributed by atoms with Crippen molar-refractivity contribution in [2.24, 2.45) is 5.92 Å². The minimum absolute atomic E-state index is 0.120. The van der Waals surface area contributed by atoms with E-state index < -0.39 is 0 Å². The van der Waals surface area contributed by atoms with Crippen LogP contribution in [0, 0.1) is 5.92 Å². The largest absolute Gasteiger partial charge is 0.416 e. The first-order valence-corrected chi connectivity index (χ1v) is 11.5. The Morgan fingerprint density at radius 2 is 1.12 bits per heavy atom. The van der Waals surface area contributed by atoms with E-state index in [1.807, 2.05) is 24.3 Å². The minimum Gasteiger partial charge on any atom is -0.416 e. The summed E-state index contributed by atoms with van der Waals surface area (Å²) in [5.74, 6) is 1.80. The Balaban J connectivity index is 1.48. The van der Waals surface area contributed by atoms with Crippen molar-refractivity contribution in [3.8, 4) is 34.0 Å². The first-order chi connectivity index (χ1) is 15.3. The van der Waals surface area contributed by atoms with Crippen LogP contribution >= 0.6 is 0 Å². The lowest BCUT2D eigenvalue weighted by Gasteiger charge is -2.18. The van der Waals surface area contributed by atoms with Crippen LogP contribution in [0.3, 0.4) is 0 Å². The molecule has 0 N–H and O–H groups in total. The SMILES string of the molecule is CCC(C)Cc1ccc(-c2ccc(-c3nnc(-c4ccc(C(C)(C)C)cc4)o3)cc2)cc1. The van der Waals surface area contributed by atoms with Crippen molar-refractivity contribution in [3.63, 3.8) is 0 Å². The quantitative estimate of drug-likeness (QED) is 0.315. The molecule has 32 heavy (non-hydrogen) atoms. The van der Waals surface area contributed by atoms with Gasteiger partial charge in [-0.2, -0.15) is 0 Å². The molecule has 0 amide bonds. The monoisotopic (exact) mass is 424 g/mol. The van der Waals surface area contributed by atoms with Crippen molar-refractivity contribution in [3.05, 3.63) is 83.9 Å². The zero-order chi connectivity index (χ0) is 22.7. The van der Waals surface area contributed by atoms with E-state index in [4.69, 9.17) is 4.42 Å². The second kappa shape index (κ2) is 9.12. The van der Waals surface area contributed by atoms with Crippen molar-refractivity contribution < 1.29 is 4.42 Å². The Morgan fingerprint density at radius 3 is 1.59 bits per heavy atom. The molecular formula is C29H32N2O. The van der Waals surface area contributed by atoms with Gasteiger partial charge in [0.2, 0.25) is 11.8 Å². The van der Waals surface area contributed by atoms with Gasteiger partial charge in [0.05, 0.1) is 0 Å². The van der Waals surface area contributed by atoms with Gasteiger partial charge in [-0.25, -0.2) is 0 Å². The van der Waals surface area contributed by atoms with Crippen molar-refractivity contribution >= 4 is 0 Å². The lowest BCUT2D eigenvalue weighted by atomic mass is 9.87.